The van der Waals surface area contributed by atoms with Crippen LogP contribution in [0.25, 0.3) is 11.1 Å². The van der Waals surface area contributed by atoms with Crippen molar-refractivity contribution in [3.63, 3.8) is 0 Å². The summed E-state index contributed by atoms with van der Waals surface area (Å²) in [5.41, 5.74) is 5.21. The van der Waals surface area contributed by atoms with Crippen LogP contribution in [0.2, 0.25) is 0 Å². The van der Waals surface area contributed by atoms with Gasteiger partial charge in [0.25, 0.3) is 0 Å². The number of carbonyl (C=O) groups is 1. The number of halogens is 3. The van der Waals surface area contributed by atoms with E-state index in [-0.39, 0.29) is 18.3 Å². The highest BCUT2D eigenvalue weighted by molar-refractivity contribution is 5.99. The van der Waals surface area contributed by atoms with Gasteiger partial charge in [-0.1, -0.05) is 72.8 Å². The first kappa shape index (κ1) is 22.9. The molecule has 1 unspecified atom stereocenters. The molecule has 0 heterocycles. The average molecular weight is 473 g/mol. The molecule has 4 aromatic carbocycles. The number of carbonyl (C=O) groups excluding carboxylic acids is 1. The third-order valence-electron chi connectivity index (χ3n) is 6.47. The lowest BCUT2D eigenvalue weighted by atomic mass is 9.79. The molecule has 5 rings (SSSR count). The van der Waals surface area contributed by atoms with Crippen molar-refractivity contribution in [3.05, 3.63) is 125 Å². The summed E-state index contributed by atoms with van der Waals surface area (Å²) in [6.45, 7) is 0.190. The average Bonchev–Trinajstić information content (AvgIpc) is 2.88. The molecular formula is C30H23F3O2. The molecule has 5 heteroatoms. The number of rotatable bonds is 5. The van der Waals surface area contributed by atoms with E-state index in [1.54, 1.807) is 0 Å². The Bertz CT molecular complexity index is 1320. The fraction of sp³-hybridized carbons (Fsp3) is 0.167. The monoisotopic (exact) mass is 472 g/mol. The highest BCUT2D eigenvalue weighted by Gasteiger charge is 2.30. The Hall–Kier alpha value is -3.86. The SMILES string of the molecule is O=C1CC(c2ccc(-c3ccc(OCc4ccc(C(F)(F)F)cc4)cc3)cc2)Cc2ccccc21. The number of hydrogen-bond donors (Lipinski definition) is 0. The van der Waals surface area contributed by atoms with Crippen LogP contribution in [0.5, 0.6) is 5.75 Å². The topological polar surface area (TPSA) is 26.3 Å². The number of hydrogen-bond acceptors (Lipinski definition) is 2. The maximum atomic E-state index is 12.7. The fourth-order valence-electron chi connectivity index (χ4n) is 4.53. The summed E-state index contributed by atoms with van der Waals surface area (Å²) in [6.07, 6.45) is -2.94. The molecule has 0 saturated heterocycles. The number of fused-ring (bicyclic) bond motifs is 1. The fourth-order valence-corrected chi connectivity index (χ4v) is 4.53. The van der Waals surface area contributed by atoms with Gasteiger partial charge in [-0.25, -0.2) is 0 Å². The van der Waals surface area contributed by atoms with Crippen LogP contribution in [0.3, 0.4) is 0 Å². The molecule has 1 aliphatic rings. The molecule has 0 bridgehead atoms. The highest BCUT2D eigenvalue weighted by atomic mass is 19.4. The molecule has 0 aliphatic heterocycles. The predicted octanol–water partition coefficient (Wildman–Crippen LogP) is 7.86. The van der Waals surface area contributed by atoms with E-state index < -0.39 is 11.7 Å². The van der Waals surface area contributed by atoms with Crippen molar-refractivity contribution >= 4 is 5.78 Å². The zero-order valence-electron chi connectivity index (χ0n) is 18.9. The first-order valence-electron chi connectivity index (χ1n) is 11.5. The molecule has 1 aliphatic carbocycles. The van der Waals surface area contributed by atoms with Crippen molar-refractivity contribution in [1.29, 1.82) is 0 Å². The quantitative estimate of drug-likeness (QED) is 0.295. The minimum absolute atomic E-state index is 0.187. The van der Waals surface area contributed by atoms with E-state index in [0.717, 1.165) is 46.4 Å². The number of alkyl halides is 3. The second-order valence-corrected chi connectivity index (χ2v) is 8.82. The summed E-state index contributed by atoms with van der Waals surface area (Å²) in [6, 6.07) is 28.8. The van der Waals surface area contributed by atoms with Crippen molar-refractivity contribution in [1.82, 2.24) is 0 Å². The molecule has 0 N–H and O–H groups in total. The Morgan fingerprint density at radius 1 is 0.743 bits per heavy atom. The molecule has 2 nitrogen and oxygen atoms in total. The van der Waals surface area contributed by atoms with Gasteiger partial charge in [0.15, 0.2) is 5.78 Å². The Labute approximate surface area is 202 Å². The summed E-state index contributed by atoms with van der Waals surface area (Å²) in [5.74, 6) is 1.03. The maximum Gasteiger partial charge on any atom is 0.416 e. The van der Waals surface area contributed by atoms with Gasteiger partial charge in [0.1, 0.15) is 12.4 Å². The summed E-state index contributed by atoms with van der Waals surface area (Å²) >= 11 is 0. The first-order chi connectivity index (χ1) is 16.9. The smallest absolute Gasteiger partial charge is 0.416 e. The van der Waals surface area contributed by atoms with Gasteiger partial charge in [-0.15, -0.1) is 0 Å². The molecule has 35 heavy (non-hydrogen) atoms. The minimum atomic E-state index is -4.34. The first-order valence-corrected chi connectivity index (χ1v) is 11.5. The Morgan fingerprint density at radius 2 is 1.37 bits per heavy atom. The van der Waals surface area contributed by atoms with E-state index >= 15 is 0 Å². The van der Waals surface area contributed by atoms with Gasteiger partial charge in [0, 0.05) is 12.0 Å². The Balaban J connectivity index is 1.22. The van der Waals surface area contributed by atoms with Gasteiger partial charge < -0.3 is 4.74 Å². The van der Waals surface area contributed by atoms with Crippen LogP contribution in [0.1, 0.15) is 45.0 Å². The maximum absolute atomic E-state index is 12.7. The van der Waals surface area contributed by atoms with Gasteiger partial charge in [-0.2, -0.15) is 13.2 Å². The van der Waals surface area contributed by atoms with Crippen molar-refractivity contribution in [2.75, 3.05) is 0 Å². The Morgan fingerprint density at radius 3 is 2.03 bits per heavy atom. The van der Waals surface area contributed by atoms with Crippen LogP contribution in [0.4, 0.5) is 13.2 Å². The summed E-state index contributed by atoms with van der Waals surface area (Å²) in [7, 11) is 0. The van der Waals surface area contributed by atoms with Crippen LogP contribution in [-0.2, 0) is 19.2 Å². The van der Waals surface area contributed by atoms with Crippen molar-refractivity contribution in [2.45, 2.75) is 31.5 Å². The number of ether oxygens (including phenoxy) is 1. The minimum Gasteiger partial charge on any atom is -0.489 e. The highest BCUT2D eigenvalue weighted by Crippen LogP contribution is 2.34. The normalized spacial score (nSPS) is 15.5. The number of ketones is 1. The number of Topliss-reactive ketones (excluding diaryl/α,β-unsaturated/α-hetero) is 1. The van der Waals surface area contributed by atoms with Gasteiger partial charge in [0.05, 0.1) is 5.56 Å². The van der Waals surface area contributed by atoms with E-state index in [1.165, 1.54) is 12.1 Å². The van der Waals surface area contributed by atoms with Crippen LogP contribution < -0.4 is 4.74 Å². The molecule has 0 amide bonds. The van der Waals surface area contributed by atoms with E-state index in [9.17, 15) is 18.0 Å². The van der Waals surface area contributed by atoms with Crippen LogP contribution in [-0.4, -0.2) is 5.78 Å². The third kappa shape index (κ3) is 5.14. The molecular weight excluding hydrogens is 449 g/mol. The van der Waals surface area contributed by atoms with Crippen molar-refractivity contribution in [3.8, 4) is 16.9 Å². The lowest BCUT2D eigenvalue weighted by molar-refractivity contribution is -0.137. The lowest BCUT2D eigenvalue weighted by Crippen LogP contribution is -2.18. The largest absolute Gasteiger partial charge is 0.489 e. The molecule has 0 aromatic heterocycles. The van der Waals surface area contributed by atoms with E-state index in [4.69, 9.17) is 4.74 Å². The van der Waals surface area contributed by atoms with Crippen LogP contribution in [0.15, 0.2) is 97.1 Å². The zero-order valence-corrected chi connectivity index (χ0v) is 18.9. The summed E-state index contributed by atoms with van der Waals surface area (Å²) in [5, 5.41) is 0. The zero-order chi connectivity index (χ0) is 24.4. The molecule has 0 fully saturated rings. The second kappa shape index (κ2) is 9.41. The molecule has 4 aromatic rings. The summed E-state index contributed by atoms with van der Waals surface area (Å²) < 4.78 is 43.8. The van der Waals surface area contributed by atoms with Crippen molar-refractivity contribution in [2.24, 2.45) is 0 Å². The van der Waals surface area contributed by atoms with Gasteiger partial charge in [-0.05, 0) is 64.4 Å². The Kier molecular flexibility index (Phi) is 6.16. The molecule has 0 spiro atoms. The standard InChI is InChI=1S/C30H23F3O2/c31-30(32,33)26-13-5-20(6-14-26)19-35-27-15-11-22(12-16-27)21-7-9-23(10-8-21)25-17-24-3-1-2-4-28(24)29(34)18-25/h1-16,25H,17-19H2. The van der Waals surface area contributed by atoms with Gasteiger partial charge in [0.2, 0.25) is 0 Å². The predicted molar refractivity (Wildman–Crippen MR) is 129 cm³/mol. The molecule has 1 atom stereocenters. The number of benzene rings is 4. The molecule has 176 valence electrons. The molecule has 0 radical (unpaired) electrons. The second-order valence-electron chi connectivity index (χ2n) is 8.82. The van der Waals surface area contributed by atoms with E-state index in [2.05, 4.69) is 24.3 Å². The van der Waals surface area contributed by atoms with Gasteiger partial charge in [-0.3, -0.25) is 4.79 Å². The molecule has 0 saturated carbocycles. The van der Waals surface area contributed by atoms with E-state index in [1.807, 2.05) is 48.5 Å². The van der Waals surface area contributed by atoms with E-state index in [0.29, 0.717) is 17.7 Å². The van der Waals surface area contributed by atoms with Crippen LogP contribution >= 0.6 is 0 Å². The van der Waals surface area contributed by atoms with Gasteiger partial charge >= 0.3 is 6.18 Å². The van der Waals surface area contributed by atoms with Crippen LogP contribution in [0, 0.1) is 0 Å². The summed E-state index contributed by atoms with van der Waals surface area (Å²) in [4.78, 5) is 12.5. The lowest BCUT2D eigenvalue weighted by Gasteiger charge is -2.24. The third-order valence-corrected chi connectivity index (χ3v) is 6.47. The van der Waals surface area contributed by atoms with Crippen molar-refractivity contribution < 1.29 is 22.7 Å².